The maximum absolute atomic E-state index is 13.1. The summed E-state index contributed by atoms with van der Waals surface area (Å²) in [5.74, 6) is -0.521. The fourth-order valence-corrected chi connectivity index (χ4v) is 13.9. The quantitative estimate of drug-likeness (QED) is 0.0169. The fraction of sp³-hybridized carbons (Fsp3) is 0.904. The van der Waals surface area contributed by atoms with Crippen molar-refractivity contribution in [3.63, 3.8) is 0 Å². The molecule has 0 bridgehead atoms. The van der Waals surface area contributed by atoms with E-state index in [1.165, 1.54) is 218 Å². The van der Waals surface area contributed by atoms with Crippen molar-refractivity contribution >= 4 is 39.5 Å². The smallest absolute Gasteiger partial charge is 0.462 e. The molecule has 5 atom stereocenters. The molecule has 0 aromatic heterocycles. The number of carbonyl (C=O) groups excluding carboxylic acids is 4. The van der Waals surface area contributed by atoms with Gasteiger partial charge in [0.05, 0.1) is 26.4 Å². The first-order valence-corrected chi connectivity index (χ1v) is 45.3. The molecule has 17 nitrogen and oxygen atoms in total. The van der Waals surface area contributed by atoms with Crippen molar-refractivity contribution < 1.29 is 80.2 Å². The number of allylic oxidation sites excluding steroid dienone is 4. The SMILES string of the molecule is CCCCCC/C=C\C=C/CCCCCCCC(=O)O[C@H](COC(=O)CCCCCCCCCCC)COP(=O)(O)OC[C@H](O)COP(=O)(O)OC[C@@H](COC(=O)CCCCCCCCCCCCCCCCC(C)C)OC(=O)CCCCCCCCCCCCCCCCCCCCC(C)C. The maximum Gasteiger partial charge on any atom is 0.472 e. The predicted molar refractivity (Wildman–Crippen MR) is 418 cm³/mol. The Labute approximate surface area is 624 Å². The van der Waals surface area contributed by atoms with E-state index in [4.69, 9.17) is 37.0 Å². The zero-order valence-corrected chi connectivity index (χ0v) is 68.2. The largest absolute Gasteiger partial charge is 0.472 e. The molecule has 0 saturated carbocycles. The van der Waals surface area contributed by atoms with E-state index in [-0.39, 0.29) is 25.7 Å². The van der Waals surface area contributed by atoms with Crippen molar-refractivity contribution in [1.29, 1.82) is 0 Å². The van der Waals surface area contributed by atoms with Crippen LogP contribution in [0.1, 0.15) is 414 Å². The number of esters is 4. The summed E-state index contributed by atoms with van der Waals surface area (Å²) in [7, 11) is -9.93. The lowest BCUT2D eigenvalue weighted by Gasteiger charge is -2.21. The van der Waals surface area contributed by atoms with Gasteiger partial charge in [-0.2, -0.15) is 0 Å². The fourth-order valence-electron chi connectivity index (χ4n) is 12.3. The molecule has 102 heavy (non-hydrogen) atoms. The zero-order chi connectivity index (χ0) is 74.9. The molecule has 0 aliphatic rings. The van der Waals surface area contributed by atoms with Gasteiger partial charge in [-0.3, -0.25) is 37.3 Å². The summed E-state index contributed by atoms with van der Waals surface area (Å²) in [6.07, 6.45) is 67.4. The second-order valence-electron chi connectivity index (χ2n) is 30.1. The third-order valence-corrected chi connectivity index (χ3v) is 20.7. The van der Waals surface area contributed by atoms with Crippen LogP contribution in [-0.2, 0) is 65.4 Å². The van der Waals surface area contributed by atoms with E-state index in [0.29, 0.717) is 25.7 Å². The molecular formula is C83H158O17P2. The van der Waals surface area contributed by atoms with Gasteiger partial charge in [0.2, 0.25) is 0 Å². The number of hydrogen-bond acceptors (Lipinski definition) is 15. The maximum atomic E-state index is 13.1. The van der Waals surface area contributed by atoms with Crippen LogP contribution in [0, 0.1) is 11.8 Å². The standard InChI is InChI=1S/C83H158O17P2/c1-7-9-11-13-15-17-18-19-24-32-37-43-49-55-61-67-82(87)99-78(71-93-80(85)65-59-53-47-39-16-14-12-10-8-2)73-97-101(89,90)95-69-77(84)70-96-102(91,92)98-74-79(72-94-81(86)66-60-54-48-42-36-31-28-27-30-35-41-46-52-58-64-76(5)6)100-83(88)68-62-56-50-44-38-33-26-23-21-20-22-25-29-34-40-45-51-57-63-75(3)4/h17-19,24,75-79,84H,7-16,20-23,25-74H2,1-6H3,(H,89,90)(H,91,92)/b18-17-,24-19-/t77-,78+,79+/m0/s1. The van der Waals surface area contributed by atoms with Gasteiger partial charge in [0.25, 0.3) is 0 Å². The minimum absolute atomic E-state index is 0.0852. The Kier molecular flexibility index (Phi) is 72.2. The lowest BCUT2D eigenvalue weighted by molar-refractivity contribution is -0.161. The average molecular weight is 1490 g/mol. The topological polar surface area (TPSA) is 237 Å². The van der Waals surface area contributed by atoms with Crippen molar-refractivity contribution in [2.45, 2.75) is 432 Å². The highest BCUT2D eigenvalue weighted by Gasteiger charge is 2.30. The van der Waals surface area contributed by atoms with Crippen LogP contribution in [0.5, 0.6) is 0 Å². The Morgan fingerprint density at radius 3 is 0.804 bits per heavy atom. The van der Waals surface area contributed by atoms with E-state index in [9.17, 15) is 43.2 Å². The third kappa shape index (κ3) is 75.8. The molecule has 0 spiro atoms. The van der Waals surface area contributed by atoms with Crippen LogP contribution in [0.25, 0.3) is 0 Å². The Balaban J connectivity index is 5.24. The van der Waals surface area contributed by atoms with Gasteiger partial charge in [0, 0.05) is 25.7 Å². The van der Waals surface area contributed by atoms with Crippen LogP contribution in [0.15, 0.2) is 24.3 Å². The van der Waals surface area contributed by atoms with Gasteiger partial charge in [-0.05, 0) is 63.2 Å². The first kappa shape index (κ1) is 99.5. The zero-order valence-electron chi connectivity index (χ0n) is 66.4. The third-order valence-electron chi connectivity index (χ3n) is 18.8. The van der Waals surface area contributed by atoms with Crippen LogP contribution >= 0.6 is 15.6 Å². The van der Waals surface area contributed by atoms with E-state index in [1.807, 2.05) is 0 Å². The monoisotopic (exact) mass is 1490 g/mol. The molecule has 0 saturated heterocycles. The molecule has 0 amide bonds. The molecule has 0 fully saturated rings. The van der Waals surface area contributed by atoms with E-state index in [0.717, 1.165) is 115 Å². The first-order chi connectivity index (χ1) is 49.4. The molecule has 0 aromatic carbocycles. The van der Waals surface area contributed by atoms with Gasteiger partial charge in [0.1, 0.15) is 19.3 Å². The lowest BCUT2D eigenvalue weighted by Crippen LogP contribution is -2.30. The van der Waals surface area contributed by atoms with Crippen molar-refractivity contribution in [3.05, 3.63) is 24.3 Å². The number of carbonyl (C=O) groups is 4. The molecular weight excluding hydrogens is 1330 g/mol. The number of ether oxygens (including phenoxy) is 4. The Hall–Kier alpha value is -2.46. The molecule has 19 heteroatoms. The predicted octanol–water partition coefficient (Wildman–Crippen LogP) is 24.6. The number of rotatable bonds is 80. The van der Waals surface area contributed by atoms with Crippen molar-refractivity contribution in [2.75, 3.05) is 39.6 Å². The number of aliphatic hydroxyl groups is 1. The van der Waals surface area contributed by atoms with E-state index in [1.54, 1.807) is 0 Å². The summed E-state index contributed by atoms with van der Waals surface area (Å²) in [6, 6.07) is 0. The summed E-state index contributed by atoms with van der Waals surface area (Å²) in [5.41, 5.74) is 0. The Morgan fingerprint density at radius 1 is 0.304 bits per heavy atom. The van der Waals surface area contributed by atoms with Gasteiger partial charge >= 0.3 is 39.5 Å². The number of aliphatic hydroxyl groups excluding tert-OH is 1. The van der Waals surface area contributed by atoms with Crippen LogP contribution in [0.2, 0.25) is 0 Å². The minimum Gasteiger partial charge on any atom is -0.462 e. The normalized spacial score (nSPS) is 14.0. The minimum atomic E-state index is -4.97. The van der Waals surface area contributed by atoms with Crippen molar-refractivity contribution in [1.82, 2.24) is 0 Å². The number of hydrogen-bond donors (Lipinski definition) is 3. The Morgan fingerprint density at radius 2 is 0.529 bits per heavy atom. The number of phosphoric acid groups is 2. The molecule has 2 unspecified atom stereocenters. The van der Waals surface area contributed by atoms with Crippen molar-refractivity contribution in [3.8, 4) is 0 Å². The summed E-state index contributed by atoms with van der Waals surface area (Å²) < 4.78 is 68.7. The molecule has 0 aliphatic carbocycles. The molecule has 3 N–H and O–H groups in total. The Bertz CT molecular complexity index is 2050. The van der Waals surface area contributed by atoms with Crippen LogP contribution in [0.3, 0.4) is 0 Å². The second kappa shape index (κ2) is 74.0. The highest BCUT2D eigenvalue weighted by Crippen LogP contribution is 2.45. The van der Waals surface area contributed by atoms with Gasteiger partial charge in [-0.1, -0.05) is 361 Å². The molecule has 0 radical (unpaired) electrons. The summed E-state index contributed by atoms with van der Waals surface area (Å²) in [5, 5.41) is 10.6. The summed E-state index contributed by atoms with van der Waals surface area (Å²) in [4.78, 5) is 73.0. The molecule has 0 aliphatic heterocycles. The molecule has 0 heterocycles. The molecule has 0 aromatic rings. The second-order valence-corrected chi connectivity index (χ2v) is 33.0. The molecule has 602 valence electrons. The van der Waals surface area contributed by atoms with Crippen molar-refractivity contribution in [2.24, 2.45) is 11.8 Å². The highest BCUT2D eigenvalue weighted by molar-refractivity contribution is 7.47. The lowest BCUT2D eigenvalue weighted by atomic mass is 10.0. The van der Waals surface area contributed by atoms with Gasteiger partial charge < -0.3 is 33.8 Å². The number of phosphoric ester groups is 2. The van der Waals surface area contributed by atoms with Gasteiger partial charge in [-0.25, -0.2) is 9.13 Å². The van der Waals surface area contributed by atoms with Gasteiger partial charge in [0.15, 0.2) is 12.2 Å². The van der Waals surface area contributed by atoms with Gasteiger partial charge in [-0.15, -0.1) is 0 Å². The highest BCUT2D eigenvalue weighted by atomic mass is 31.2. The van der Waals surface area contributed by atoms with Crippen LogP contribution in [0.4, 0.5) is 0 Å². The van der Waals surface area contributed by atoms with Crippen LogP contribution < -0.4 is 0 Å². The van der Waals surface area contributed by atoms with Crippen LogP contribution in [-0.4, -0.2) is 96.7 Å². The van der Waals surface area contributed by atoms with E-state index in [2.05, 4.69) is 65.8 Å². The van der Waals surface area contributed by atoms with E-state index >= 15 is 0 Å². The molecule has 0 rings (SSSR count). The summed E-state index contributed by atoms with van der Waals surface area (Å²) in [6.45, 7) is 9.62. The summed E-state index contributed by atoms with van der Waals surface area (Å²) >= 11 is 0. The average Bonchev–Trinajstić information content (AvgIpc) is 0.919. The number of unbranched alkanes of at least 4 members (excludes halogenated alkanes) is 47. The first-order valence-electron chi connectivity index (χ1n) is 42.3. The van der Waals surface area contributed by atoms with E-state index < -0.39 is 97.5 Å².